The van der Waals surface area contributed by atoms with Crippen molar-refractivity contribution < 1.29 is 13.9 Å². The topological polar surface area (TPSA) is 89.6 Å². The van der Waals surface area contributed by atoms with Crippen molar-refractivity contribution in [3.8, 4) is 5.75 Å². The first-order chi connectivity index (χ1) is 17.9. The van der Waals surface area contributed by atoms with Gasteiger partial charge in [-0.25, -0.2) is 4.39 Å². The van der Waals surface area contributed by atoms with Gasteiger partial charge in [0.2, 0.25) is 5.43 Å². The number of Topliss-reactive ketones (excluding diaryl/α,β-unsaturated/α-hetero) is 1. The number of hydrogen-bond donors (Lipinski definition) is 2. The van der Waals surface area contributed by atoms with Gasteiger partial charge in [0.05, 0.1) is 27.7 Å². The zero-order valence-electron chi connectivity index (χ0n) is 21.2. The molecule has 3 N–H and O–H groups in total. The number of ether oxygens (including phenoxy) is 1. The molecule has 3 heterocycles. The standard InChI is InChI=1S/C29H33FN4O3/c1-18(35)20-16-34-26-22(27(20)36)24(31)23(30)25(28(26)37-17-29(34)11-4-5-12-29)32-13-7-15-33-14-6-9-19-8-2-3-10-21(19)33/h2-3,8,10,16,32H,4-7,9,11-15,17,31H2,1H3. The van der Waals surface area contributed by atoms with Gasteiger partial charge in [-0.2, -0.15) is 0 Å². The number of hydrogen-bond acceptors (Lipinski definition) is 6. The molecular weight excluding hydrogens is 471 g/mol. The van der Waals surface area contributed by atoms with Crippen molar-refractivity contribution in [3.05, 3.63) is 57.6 Å². The summed E-state index contributed by atoms with van der Waals surface area (Å²) in [5.41, 5.74) is 8.52. The maximum Gasteiger partial charge on any atom is 0.202 e. The lowest BCUT2D eigenvalue weighted by Crippen LogP contribution is -2.42. The van der Waals surface area contributed by atoms with E-state index >= 15 is 4.39 Å². The van der Waals surface area contributed by atoms with E-state index in [1.165, 1.54) is 18.2 Å². The number of nitrogen functional groups attached to an aromatic ring is 1. The molecule has 0 amide bonds. The summed E-state index contributed by atoms with van der Waals surface area (Å²) >= 11 is 0. The number of nitrogens with one attached hydrogen (secondary N) is 1. The average molecular weight is 505 g/mol. The molecule has 1 spiro atoms. The Labute approximate surface area is 215 Å². The molecule has 2 aliphatic heterocycles. The molecule has 7 nitrogen and oxygen atoms in total. The van der Waals surface area contributed by atoms with Crippen LogP contribution in [0.5, 0.6) is 5.75 Å². The van der Waals surface area contributed by atoms with Crippen molar-refractivity contribution in [3.63, 3.8) is 0 Å². The molecule has 3 aromatic rings. The third-order valence-corrected chi connectivity index (χ3v) is 8.40. The van der Waals surface area contributed by atoms with Crippen LogP contribution in [0.15, 0.2) is 35.3 Å². The number of rotatable bonds is 6. The Morgan fingerprint density at radius 2 is 2.00 bits per heavy atom. The zero-order chi connectivity index (χ0) is 25.7. The molecule has 0 bridgehead atoms. The number of halogens is 1. The van der Waals surface area contributed by atoms with Crippen LogP contribution < -0.4 is 26.1 Å². The molecular formula is C29H33FN4O3. The van der Waals surface area contributed by atoms with Crippen LogP contribution >= 0.6 is 0 Å². The van der Waals surface area contributed by atoms with Crippen molar-refractivity contribution in [1.29, 1.82) is 0 Å². The summed E-state index contributed by atoms with van der Waals surface area (Å²) in [7, 11) is 0. The van der Waals surface area contributed by atoms with Gasteiger partial charge in [-0.1, -0.05) is 31.0 Å². The summed E-state index contributed by atoms with van der Waals surface area (Å²) in [4.78, 5) is 28.0. The largest absolute Gasteiger partial charge is 0.487 e. The second-order valence-electron chi connectivity index (χ2n) is 10.7. The van der Waals surface area contributed by atoms with Gasteiger partial charge in [0.15, 0.2) is 17.3 Å². The van der Waals surface area contributed by atoms with Gasteiger partial charge in [-0.3, -0.25) is 9.59 Å². The first-order valence-corrected chi connectivity index (χ1v) is 13.3. The van der Waals surface area contributed by atoms with Crippen LogP contribution in [0, 0.1) is 5.82 Å². The Morgan fingerprint density at radius 1 is 1.22 bits per heavy atom. The molecule has 1 aromatic heterocycles. The fourth-order valence-corrected chi connectivity index (χ4v) is 6.50. The third kappa shape index (κ3) is 3.76. The number of ketones is 1. The van der Waals surface area contributed by atoms with E-state index in [2.05, 4.69) is 34.5 Å². The van der Waals surface area contributed by atoms with E-state index in [4.69, 9.17) is 10.5 Å². The number of pyridine rings is 1. The monoisotopic (exact) mass is 504 g/mol. The number of nitrogens with two attached hydrogens (primary N) is 1. The Kier molecular flexibility index (Phi) is 5.85. The van der Waals surface area contributed by atoms with Gasteiger partial charge in [0.25, 0.3) is 0 Å². The molecule has 1 fully saturated rings. The molecule has 3 aliphatic rings. The molecule has 0 radical (unpaired) electrons. The van der Waals surface area contributed by atoms with Gasteiger partial charge in [-0.15, -0.1) is 0 Å². The molecule has 6 rings (SSSR count). The number of benzene rings is 2. The predicted molar refractivity (Wildman–Crippen MR) is 145 cm³/mol. The summed E-state index contributed by atoms with van der Waals surface area (Å²) in [5, 5.41) is 3.28. The van der Waals surface area contributed by atoms with Crippen molar-refractivity contribution in [1.82, 2.24) is 4.57 Å². The fourth-order valence-electron chi connectivity index (χ4n) is 6.50. The van der Waals surface area contributed by atoms with Gasteiger partial charge in [0, 0.05) is 31.5 Å². The zero-order valence-corrected chi connectivity index (χ0v) is 21.2. The first kappa shape index (κ1) is 23.8. The quantitative estimate of drug-likeness (QED) is 0.284. The van der Waals surface area contributed by atoms with Crippen LogP contribution in [0.25, 0.3) is 10.9 Å². The molecule has 194 valence electrons. The van der Waals surface area contributed by atoms with E-state index in [1.54, 1.807) is 6.20 Å². The summed E-state index contributed by atoms with van der Waals surface area (Å²) in [5.74, 6) is -0.731. The number of carbonyl (C=O) groups is 1. The minimum Gasteiger partial charge on any atom is -0.487 e. The number of anilines is 3. The smallest absolute Gasteiger partial charge is 0.202 e. The number of aryl methyl sites for hydroxylation is 1. The molecule has 0 unspecified atom stereocenters. The van der Waals surface area contributed by atoms with Crippen molar-refractivity contribution in [2.24, 2.45) is 0 Å². The van der Waals surface area contributed by atoms with Gasteiger partial charge in [0.1, 0.15) is 12.3 Å². The summed E-state index contributed by atoms with van der Waals surface area (Å²) in [6.07, 6.45) is 8.48. The number of carbonyl (C=O) groups excluding carboxylic acids is 1. The van der Waals surface area contributed by atoms with Crippen LogP contribution in [0.3, 0.4) is 0 Å². The van der Waals surface area contributed by atoms with Gasteiger partial charge < -0.3 is 25.3 Å². The Balaban J connectivity index is 1.34. The molecule has 8 heteroatoms. The van der Waals surface area contributed by atoms with Crippen molar-refractivity contribution in [2.75, 3.05) is 42.2 Å². The lowest BCUT2D eigenvalue weighted by Gasteiger charge is -2.39. The lowest BCUT2D eigenvalue weighted by molar-refractivity contribution is 0.101. The molecule has 0 saturated heterocycles. The Morgan fingerprint density at radius 3 is 2.78 bits per heavy atom. The molecule has 0 atom stereocenters. The highest BCUT2D eigenvalue weighted by Gasteiger charge is 2.42. The summed E-state index contributed by atoms with van der Waals surface area (Å²) in [6.45, 7) is 4.12. The number of aromatic nitrogens is 1. The maximum absolute atomic E-state index is 15.7. The van der Waals surface area contributed by atoms with E-state index < -0.39 is 11.2 Å². The highest BCUT2D eigenvalue weighted by atomic mass is 19.1. The predicted octanol–water partition coefficient (Wildman–Crippen LogP) is 4.84. The highest BCUT2D eigenvalue weighted by molar-refractivity contribution is 6.04. The Bertz CT molecular complexity index is 1460. The normalized spacial score (nSPS) is 17.6. The van der Waals surface area contributed by atoms with Crippen molar-refractivity contribution in [2.45, 2.75) is 57.4 Å². The summed E-state index contributed by atoms with van der Waals surface area (Å²) < 4.78 is 23.9. The second-order valence-corrected chi connectivity index (χ2v) is 10.7. The molecule has 2 aromatic carbocycles. The van der Waals surface area contributed by atoms with Crippen LogP contribution in [0.2, 0.25) is 0 Å². The number of para-hydroxylation sites is 1. The van der Waals surface area contributed by atoms with E-state index in [-0.39, 0.29) is 33.6 Å². The van der Waals surface area contributed by atoms with E-state index in [9.17, 15) is 9.59 Å². The lowest BCUT2D eigenvalue weighted by atomic mass is 9.93. The first-order valence-electron chi connectivity index (χ1n) is 13.3. The molecule has 1 aliphatic carbocycles. The maximum atomic E-state index is 15.7. The second kappa shape index (κ2) is 9.08. The average Bonchev–Trinajstić information content (AvgIpc) is 3.37. The van der Waals surface area contributed by atoms with Gasteiger partial charge in [-0.05, 0) is 50.7 Å². The minimum absolute atomic E-state index is 0.0419. The molecule has 1 saturated carbocycles. The van der Waals surface area contributed by atoms with E-state index in [0.29, 0.717) is 24.4 Å². The van der Waals surface area contributed by atoms with Crippen LogP contribution in [-0.2, 0) is 12.0 Å². The van der Waals surface area contributed by atoms with Crippen LogP contribution in [0.1, 0.15) is 61.4 Å². The van der Waals surface area contributed by atoms with E-state index in [1.807, 2.05) is 4.57 Å². The number of fused-ring (bicyclic) bond motifs is 2. The minimum atomic E-state index is -0.697. The highest BCUT2D eigenvalue weighted by Crippen LogP contribution is 2.48. The number of nitrogens with zero attached hydrogens (tertiary/aromatic N) is 2. The van der Waals surface area contributed by atoms with Crippen molar-refractivity contribution >= 4 is 33.7 Å². The van der Waals surface area contributed by atoms with Crippen LogP contribution in [-0.4, -0.2) is 36.6 Å². The van der Waals surface area contributed by atoms with E-state index in [0.717, 1.165) is 58.0 Å². The molecule has 37 heavy (non-hydrogen) atoms. The summed E-state index contributed by atoms with van der Waals surface area (Å²) in [6, 6.07) is 8.50. The van der Waals surface area contributed by atoms with Crippen LogP contribution in [0.4, 0.5) is 21.5 Å². The fraction of sp³-hybridized carbons (Fsp3) is 0.448. The SMILES string of the molecule is CC(=O)c1cn2c3c(c(NCCCN4CCCc5ccccc54)c(F)c(N)c3c1=O)OCC21CCCC1. The third-order valence-electron chi connectivity index (χ3n) is 8.40. The van der Waals surface area contributed by atoms with Gasteiger partial charge >= 0.3 is 0 Å². The Hall–Kier alpha value is -3.55.